The van der Waals surface area contributed by atoms with Crippen molar-refractivity contribution in [3.8, 4) is 11.4 Å². The number of thiocarbonyl (C=S) groups is 1. The minimum Gasteiger partial charge on any atom is -0.495 e. The first-order valence-electron chi connectivity index (χ1n) is 10.3. The number of hydrogen-bond acceptors (Lipinski definition) is 5. The fourth-order valence-corrected chi connectivity index (χ4v) is 3.88. The zero-order valence-electron chi connectivity index (χ0n) is 17.7. The Bertz CT molecular complexity index is 1070. The van der Waals surface area contributed by atoms with Crippen molar-refractivity contribution in [2.75, 3.05) is 30.4 Å². The molecule has 2 aromatic carbocycles. The molecule has 1 aromatic heterocycles. The molecule has 1 saturated heterocycles. The minimum absolute atomic E-state index is 0.386. The van der Waals surface area contributed by atoms with Gasteiger partial charge in [0.1, 0.15) is 11.6 Å². The lowest BCUT2D eigenvalue weighted by Crippen LogP contribution is -2.25. The van der Waals surface area contributed by atoms with Crippen LogP contribution in [0.15, 0.2) is 59.7 Å². The summed E-state index contributed by atoms with van der Waals surface area (Å²) in [5.41, 5.74) is 6.62. The summed E-state index contributed by atoms with van der Waals surface area (Å²) in [7, 11) is 1.63. The molecule has 0 radical (unpaired) electrons. The second-order valence-corrected chi connectivity index (χ2v) is 7.70. The molecule has 0 atom stereocenters. The van der Waals surface area contributed by atoms with Crippen molar-refractivity contribution in [2.24, 2.45) is 5.10 Å². The van der Waals surface area contributed by atoms with E-state index >= 15 is 0 Å². The van der Waals surface area contributed by atoms with Crippen LogP contribution in [0, 0.1) is 6.92 Å². The lowest BCUT2D eigenvalue weighted by atomic mass is 10.2. The minimum atomic E-state index is 0.386. The van der Waals surface area contributed by atoms with E-state index in [4.69, 9.17) is 22.1 Å². The molecular weight excluding hydrogens is 408 g/mol. The van der Waals surface area contributed by atoms with Crippen molar-refractivity contribution in [1.82, 2.24) is 15.2 Å². The molecule has 0 amide bonds. The van der Waals surface area contributed by atoms with Crippen LogP contribution in [-0.2, 0) is 0 Å². The second-order valence-electron chi connectivity index (χ2n) is 7.29. The number of anilines is 2. The van der Waals surface area contributed by atoms with Crippen molar-refractivity contribution in [1.29, 1.82) is 0 Å². The Morgan fingerprint density at radius 2 is 1.81 bits per heavy atom. The van der Waals surface area contributed by atoms with Crippen LogP contribution in [0.2, 0.25) is 0 Å². The summed E-state index contributed by atoms with van der Waals surface area (Å²) in [5.74, 6) is 1.78. The summed E-state index contributed by atoms with van der Waals surface area (Å²) in [6.45, 7) is 4.03. The number of para-hydroxylation sites is 3. The summed E-state index contributed by atoms with van der Waals surface area (Å²) in [6.07, 6.45) is 4.16. The van der Waals surface area contributed by atoms with E-state index in [1.807, 2.05) is 54.1 Å². The number of benzene rings is 2. The third kappa shape index (κ3) is 4.69. The van der Waals surface area contributed by atoms with Gasteiger partial charge in [0.15, 0.2) is 5.11 Å². The molecule has 0 aliphatic carbocycles. The third-order valence-electron chi connectivity index (χ3n) is 5.20. The number of ether oxygens (including phenoxy) is 1. The number of methoxy groups -OCH3 is 1. The third-order valence-corrected chi connectivity index (χ3v) is 5.40. The van der Waals surface area contributed by atoms with E-state index < -0.39 is 0 Å². The van der Waals surface area contributed by atoms with Crippen molar-refractivity contribution in [2.45, 2.75) is 19.8 Å². The summed E-state index contributed by atoms with van der Waals surface area (Å²) in [5, 5.41) is 12.7. The van der Waals surface area contributed by atoms with Gasteiger partial charge in [0.25, 0.3) is 0 Å². The number of rotatable bonds is 6. The molecule has 1 aliphatic rings. The molecular formula is C23H26N6OS. The normalized spacial score (nSPS) is 13.5. The molecule has 31 heavy (non-hydrogen) atoms. The van der Waals surface area contributed by atoms with Crippen molar-refractivity contribution in [3.63, 3.8) is 0 Å². The van der Waals surface area contributed by atoms with Crippen LogP contribution in [0.4, 0.5) is 11.5 Å². The average molecular weight is 435 g/mol. The maximum atomic E-state index is 5.39. The predicted octanol–water partition coefficient (Wildman–Crippen LogP) is 4.11. The van der Waals surface area contributed by atoms with Gasteiger partial charge in [-0.15, -0.1) is 0 Å². The Morgan fingerprint density at radius 3 is 2.55 bits per heavy atom. The van der Waals surface area contributed by atoms with Gasteiger partial charge in [-0.2, -0.15) is 10.2 Å². The van der Waals surface area contributed by atoms with Crippen LogP contribution in [0.1, 0.15) is 24.1 Å². The maximum absolute atomic E-state index is 5.39. The number of nitrogens with zero attached hydrogens (tertiary/aromatic N) is 4. The number of hydrogen-bond donors (Lipinski definition) is 2. The van der Waals surface area contributed by atoms with Crippen LogP contribution in [0.5, 0.6) is 5.75 Å². The van der Waals surface area contributed by atoms with Crippen molar-refractivity contribution in [3.05, 3.63) is 65.9 Å². The fourth-order valence-electron chi connectivity index (χ4n) is 3.71. The zero-order valence-corrected chi connectivity index (χ0v) is 18.5. The van der Waals surface area contributed by atoms with E-state index in [0.717, 1.165) is 41.5 Å². The molecule has 7 nitrogen and oxygen atoms in total. The lowest BCUT2D eigenvalue weighted by Gasteiger charge is -2.20. The van der Waals surface area contributed by atoms with Gasteiger partial charge in [-0.05, 0) is 56.2 Å². The Morgan fingerprint density at radius 1 is 1.10 bits per heavy atom. The topological polar surface area (TPSA) is 66.7 Å². The number of nitrogens with one attached hydrogen (secondary N) is 2. The van der Waals surface area contributed by atoms with Gasteiger partial charge in [0.2, 0.25) is 0 Å². The first kappa shape index (κ1) is 20.9. The Balaban J connectivity index is 1.55. The van der Waals surface area contributed by atoms with Gasteiger partial charge < -0.3 is 15.0 Å². The maximum Gasteiger partial charge on any atom is 0.191 e. The summed E-state index contributed by atoms with van der Waals surface area (Å²) < 4.78 is 7.36. The highest BCUT2D eigenvalue weighted by Gasteiger charge is 2.23. The Hall–Kier alpha value is -3.39. The first-order chi connectivity index (χ1) is 15.2. The molecule has 8 heteroatoms. The fraction of sp³-hybridized carbons (Fsp3) is 0.261. The number of aryl methyl sites for hydroxylation is 1. The van der Waals surface area contributed by atoms with Gasteiger partial charge in [0.05, 0.1) is 36.0 Å². The van der Waals surface area contributed by atoms with Crippen LogP contribution < -0.4 is 20.4 Å². The zero-order chi connectivity index (χ0) is 21.6. The highest BCUT2D eigenvalue weighted by Crippen LogP contribution is 2.29. The standard InChI is InChI=1S/C23H26N6OS/c1-17-19(16-24-26-23(31)25-20-12-6-7-13-21(20)30-2)22(28-14-8-9-15-28)29(27-17)18-10-4-3-5-11-18/h3-7,10-13,16H,8-9,14-15H2,1-2H3,(H2,25,26,31)/b24-16+. The molecule has 3 aromatic rings. The molecule has 0 unspecified atom stereocenters. The van der Waals surface area contributed by atoms with E-state index in [9.17, 15) is 0 Å². The molecule has 1 fully saturated rings. The van der Waals surface area contributed by atoms with Gasteiger partial charge in [0, 0.05) is 13.1 Å². The van der Waals surface area contributed by atoms with E-state index in [1.165, 1.54) is 12.8 Å². The van der Waals surface area contributed by atoms with Gasteiger partial charge in [-0.1, -0.05) is 30.3 Å². The van der Waals surface area contributed by atoms with E-state index in [2.05, 4.69) is 32.9 Å². The highest BCUT2D eigenvalue weighted by molar-refractivity contribution is 7.80. The second kappa shape index (κ2) is 9.61. The monoisotopic (exact) mass is 434 g/mol. The summed E-state index contributed by atoms with van der Waals surface area (Å²) >= 11 is 5.39. The van der Waals surface area contributed by atoms with Crippen LogP contribution in [-0.4, -0.2) is 41.3 Å². The molecule has 0 spiro atoms. The quantitative estimate of drug-likeness (QED) is 0.346. The first-order valence-corrected chi connectivity index (χ1v) is 10.7. The molecule has 4 rings (SSSR count). The SMILES string of the molecule is COc1ccccc1NC(=S)N/N=C/c1c(C)nn(-c2ccccc2)c1N1CCCC1. The van der Waals surface area contributed by atoms with Gasteiger partial charge >= 0.3 is 0 Å². The van der Waals surface area contributed by atoms with Gasteiger partial charge in [-0.25, -0.2) is 4.68 Å². The average Bonchev–Trinajstić information content (AvgIpc) is 3.43. The smallest absolute Gasteiger partial charge is 0.191 e. The lowest BCUT2D eigenvalue weighted by molar-refractivity contribution is 0.417. The van der Waals surface area contributed by atoms with Crippen LogP contribution in [0.3, 0.4) is 0 Å². The predicted molar refractivity (Wildman–Crippen MR) is 130 cm³/mol. The largest absolute Gasteiger partial charge is 0.495 e. The van der Waals surface area contributed by atoms with Crippen LogP contribution >= 0.6 is 12.2 Å². The van der Waals surface area contributed by atoms with Crippen molar-refractivity contribution >= 4 is 35.1 Å². The number of hydrazone groups is 1. The number of aromatic nitrogens is 2. The molecule has 2 heterocycles. The molecule has 1 aliphatic heterocycles. The summed E-state index contributed by atoms with van der Waals surface area (Å²) in [6, 6.07) is 17.8. The highest BCUT2D eigenvalue weighted by atomic mass is 32.1. The Labute approximate surface area is 187 Å². The Kier molecular flexibility index (Phi) is 6.47. The molecule has 0 saturated carbocycles. The van der Waals surface area contributed by atoms with E-state index in [0.29, 0.717) is 10.9 Å². The van der Waals surface area contributed by atoms with Crippen LogP contribution in [0.25, 0.3) is 5.69 Å². The van der Waals surface area contributed by atoms with E-state index in [1.54, 1.807) is 13.3 Å². The van der Waals surface area contributed by atoms with Crippen molar-refractivity contribution < 1.29 is 4.74 Å². The molecule has 160 valence electrons. The molecule has 0 bridgehead atoms. The summed E-state index contributed by atoms with van der Waals surface area (Å²) in [4.78, 5) is 2.37. The van der Waals surface area contributed by atoms with Gasteiger partial charge in [-0.3, -0.25) is 5.43 Å². The van der Waals surface area contributed by atoms with E-state index in [-0.39, 0.29) is 0 Å². The molecule has 2 N–H and O–H groups in total.